The number of rotatable bonds is 3. The van der Waals surface area contributed by atoms with Gasteiger partial charge < -0.3 is 20.5 Å². The summed E-state index contributed by atoms with van der Waals surface area (Å²) in [5, 5.41) is 25.8. The summed E-state index contributed by atoms with van der Waals surface area (Å²) in [5.74, 6) is 0.314. The number of carbonyl (C=O) groups excluding carboxylic acids is 2. The summed E-state index contributed by atoms with van der Waals surface area (Å²) in [5.41, 5.74) is 1.54. The summed E-state index contributed by atoms with van der Waals surface area (Å²) >= 11 is 0. The molecule has 1 saturated heterocycles. The number of nitrogens with one attached hydrogen (secondary N) is 3. The lowest BCUT2D eigenvalue weighted by Gasteiger charge is -2.42. The number of hydrogen-bond donors (Lipinski definition) is 4. The van der Waals surface area contributed by atoms with Crippen LogP contribution in [0.4, 0.5) is 0 Å². The van der Waals surface area contributed by atoms with Crippen molar-refractivity contribution >= 4 is 17.8 Å². The topological polar surface area (TPSA) is 115 Å². The second-order valence-corrected chi connectivity index (χ2v) is 12.3. The van der Waals surface area contributed by atoms with Gasteiger partial charge in [0.05, 0.1) is 12.1 Å². The van der Waals surface area contributed by atoms with E-state index in [-0.39, 0.29) is 29.2 Å². The van der Waals surface area contributed by atoms with Crippen molar-refractivity contribution in [2.24, 2.45) is 0 Å². The zero-order chi connectivity index (χ0) is 26.9. The second kappa shape index (κ2) is 8.31. The number of hydrogen-bond acceptors (Lipinski definition) is 5. The van der Waals surface area contributed by atoms with Gasteiger partial charge in [0.1, 0.15) is 17.5 Å². The third-order valence-electron chi connectivity index (χ3n) is 7.92. The molecule has 5 rings (SSSR count). The molecule has 0 unspecified atom stereocenters. The molecule has 1 aliphatic carbocycles. The first kappa shape index (κ1) is 25.3. The Balaban J connectivity index is 1.47. The zero-order valence-electron chi connectivity index (χ0n) is 22.3. The minimum atomic E-state index is -0.951. The molecule has 4 N–H and O–H groups in total. The molecular weight excluding hydrogens is 468 g/mol. The van der Waals surface area contributed by atoms with Crippen molar-refractivity contribution < 1.29 is 19.4 Å². The quantitative estimate of drug-likeness (QED) is 0.505. The molecule has 0 saturated carbocycles. The SMILES string of the molecule is CC1(C)CC(=O)N([C@@H]2CC(C)(C)c3ccc(C(=O)N[C@@H]4c5ccccc5OC(C)(C)[C@H]4O)cc32)C(=N)N1. The van der Waals surface area contributed by atoms with Crippen LogP contribution >= 0.6 is 0 Å². The lowest BCUT2D eigenvalue weighted by Crippen LogP contribution is -2.60. The van der Waals surface area contributed by atoms with E-state index < -0.39 is 23.3 Å². The molecule has 2 amide bonds. The zero-order valence-corrected chi connectivity index (χ0v) is 22.3. The van der Waals surface area contributed by atoms with Gasteiger partial charge in [-0.1, -0.05) is 38.1 Å². The van der Waals surface area contributed by atoms with E-state index in [2.05, 4.69) is 24.5 Å². The van der Waals surface area contributed by atoms with Gasteiger partial charge in [-0.3, -0.25) is 19.9 Å². The van der Waals surface area contributed by atoms with E-state index in [1.165, 1.54) is 0 Å². The number of nitrogens with zero attached hydrogens (tertiary/aromatic N) is 1. The summed E-state index contributed by atoms with van der Waals surface area (Å²) in [6, 6.07) is 12.0. The fourth-order valence-corrected chi connectivity index (χ4v) is 6.00. The van der Waals surface area contributed by atoms with Gasteiger partial charge >= 0.3 is 0 Å². The molecule has 2 heterocycles. The van der Waals surface area contributed by atoms with Gasteiger partial charge in [-0.15, -0.1) is 0 Å². The van der Waals surface area contributed by atoms with Crippen LogP contribution in [0.3, 0.4) is 0 Å². The van der Waals surface area contributed by atoms with Crippen LogP contribution in [0, 0.1) is 5.41 Å². The number of aliphatic hydroxyl groups excluding tert-OH is 1. The standard InChI is InChI=1S/C29H36N4O4/c1-27(2)14-20(33-22(34)15-28(3,4)32-26(33)30)18-13-16(11-12-19(18)27)25(36)31-23-17-9-7-8-10-21(17)37-29(5,6)24(23)35/h7-13,20,23-24,35H,14-15H2,1-6H3,(H2,30,32)(H,31,36)/t20-,23-,24+/m1/s1. The molecule has 0 radical (unpaired) electrons. The largest absolute Gasteiger partial charge is 0.485 e. The van der Waals surface area contributed by atoms with E-state index in [1.54, 1.807) is 24.8 Å². The van der Waals surface area contributed by atoms with Gasteiger partial charge in [0.15, 0.2) is 5.96 Å². The van der Waals surface area contributed by atoms with E-state index in [4.69, 9.17) is 10.1 Å². The maximum absolute atomic E-state index is 13.5. The van der Waals surface area contributed by atoms with Crippen molar-refractivity contribution in [3.05, 3.63) is 64.7 Å². The van der Waals surface area contributed by atoms with Crippen LogP contribution in [0.2, 0.25) is 0 Å². The van der Waals surface area contributed by atoms with Gasteiger partial charge in [-0.05, 0) is 68.9 Å². The highest BCUT2D eigenvalue weighted by Gasteiger charge is 2.47. The van der Waals surface area contributed by atoms with Crippen LogP contribution in [0.5, 0.6) is 5.75 Å². The Morgan fingerprint density at radius 3 is 2.51 bits per heavy atom. The summed E-state index contributed by atoms with van der Waals surface area (Å²) in [6.07, 6.45) is -0.00366. The highest BCUT2D eigenvalue weighted by molar-refractivity contribution is 6.00. The van der Waals surface area contributed by atoms with Crippen LogP contribution in [-0.4, -0.2) is 45.0 Å². The number of carbonyl (C=O) groups is 2. The van der Waals surface area contributed by atoms with E-state index >= 15 is 0 Å². The highest BCUT2D eigenvalue weighted by atomic mass is 16.5. The summed E-state index contributed by atoms with van der Waals surface area (Å²) in [6.45, 7) is 11.7. The van der Waals surface area contributed by atoms with Crippen molar-refractivity contribution in [2.45, 2.75) is 89.1 Å². The molecule has 8 heteroatoms. The minimum Gasteiger partial charge on any atom is -0.485 e. The highest BCUT2D eigenvalue weighted by Crippen LogP contribution is 2.48. The molecule has 0 spiro atoms. The monoisotopic (exact) mass is 504 g/mol. The van der Waals surface area contributed by atoms with E-state index in [0.29, 0.717) is 24.2 Å². The molecule has 8 nitrogen and oxygen atoms in total. The Morgan fingerprint density at radius 1 is 1.11 bits per heavy atom. The van der Waals surface area contributed by atoms with E-state index in [9.17, 15) is 14.7 Å². The maximum atomic E-state index is 13.5. The third kappa shape index (κ3) is 4.27. The molecule has 196 valence electrons. The molecular formula is C29H36N4O4. The summed E-state index contributed by atoms with van der Waals surface area (Å²) in [4.78, 5) is 28.2. The fourth-order valence-electron chi connectivity index (χ4n) is 6.00. The number of amides is 2. The average molecular weight is 505 g/mol. The maximum Gasteiger partial charge on any atom is 0.251 e. The fraction of sp³-hybridized carbons (Fsp3) is 0.483. The molecule has 3 aliphatic rings. The first-order chi connectivity index (χ1) is 17.2. The molecule has 1 fully saturated rings. The minimum absolute atomic E-state index is 0.0916. The molecule has 0 aromatic heterocycles. The summed E-state index contributed by atoms with van der Waals surface area (Å²) < 4.78 is 5.98. The number of guanidine groups is 1. The van der Waals surface area contributed by atoms with Gasteiger partial charge in [-0.2, -0.15) is 0 Å². The lowest BCUT2D eigenvalue weighted by atomic mass is 9.85. The van der Waals surface area contributed by atoms with Crippen LogP contribution < -0.4 is 15.4 Å². The van der Waals surface area contributed by atoms with Crippen molar-refractivity contribution in [1.29, 1.82) is 5.41 Å². The molecule has 3 atom stereocenters. The Morgan fingerprint density at radius 2 is 1.81 bits per heavy atom. The smallest absolute Gasteiger partial charge is 0.251 e. The second-order valence-electron chi connectivity index (χ2n) is 12.3. The van der Waals surface area contributed by atoms with Crippen LogP contribution in [0.25, 0.3) is 0 Å². The Hall–Kier alpha value is -3.39. The van der Waals surface area contributed by atoms with Gasteiger partial charge in [0, 0.05) is 23.1 Å². The Bertz CT molecular complexity index is 1280. The van der Waals surface area contributed by atoms with Gasteiger partial charge in [0.25, 0.3) is 5.91 Å². The number of aliphatic hydroxyl groups is 1. The predicted octanol–water partition coefficient (Wildman–Crippen LogP) is 3.95. The van der Waals surface area contributed by atoms with Crippen molar-refractivity contribution in [3.8, 4) is 5.75 Å². The summed E-state index contributed by atoms with van der Waals surface area (Å²) in [7, 11) is 0. The van der Waals surface area contributed by atoms with Gasteiger partial charge in [0.2, 0.25) is 5.91 Å². The van der Waals surface area contributed by atoms with E-state index in [0.717, 1.165) is 16.7 Å². The van der Waals surface area contributed by atoms with Gasteiger partial charge in [-0.25, -0.2) is 0 Å². The molecule has 2 aromatic carbocycles. The van der Waals surface area contributed by atoms with Crippen molar-refractivity contribution in [3.63, 3.8) is 0 Å². The van der Waals surface area contributed by atoms with E-state index in [1.807, 2.05) is 50.2 Å². The third-order valence-corrected chi connectivity index (χ3v) is 7.92. The van der Waals surface area contributed by atoms with Crippen molar-refractivity contribution in [2.75, 3.05) is 0 Å². The van der Waals surface area contributed by atoms with Crippen LogP contribution in [0.15, 0.2) is 42.5 Å². The number of benzene rings is 2. The van der Waals surface area contributed by atoms with Crippen LogP contribution in [0.1, 0.15) is 93.5 Å². The van der Waals surface area contributed by atoms with Crippen molar-refractivity contribution in [1.82, 2.24) is 15.5 Å². The van der Waals surface area contributed by atoms with Crippen LogP contribution in [-0.2, 0) is 10.2 Å². The average Bonchev–Trinajstić information content (AvgIpc) is 3.05. The predicted molar refractivity (Wildman–Crippen MR) is 141 cm³/mol. The molecule has 2 aromatic rings. The lowest BCUT2D eigenvalue weighted by molar-refractivity contribution is -0.132. The number of para-hydroxylation sites is 1. The Kier molecular flexibility index (Phi) is 5.68. The number of ether oxygens (including phenoxy) is 1. The Labute approximate surface area is 217 Å². The molecule has 37 heavy (non-hydrogen) atoms. The molecule has 2 aliphatic heterocycles. The number of fused-ring (bicyclic) bond motifs is 2. The normalized spacial score (nSPS) is 27.0. The first-order valence-electron chi connectivity index (χ1n) is 12.8. The first-order valence-corrected chi connectivity index (χ1v) is 12.8. The molecule has 0 bridgehead atoms.